The topological polar surface area (TPSA) is 479 Å². The van der Waals surface area contributed by atoms with Gasteiger partial charge in [0.2, 0.25) is 28.9 Å². The molecular weight excluding hydrogens is 1750 g/mol. The summed E-state index contributed by atoms with van der Waals surface area (Å²) >= 11 is 29.5. The molecule has 34 nitrogen and oxygen atoms in total. The lowest BCUT2D eigenvalue weighted by molar-refractivity contribution is -0.143. The first-order valence-corrected chi connectivity index (χ1v) is 41.9. The molecule has 1 heterocycles. The average Bonchev–Trinajstić information content (AvgIpc) is 1.63. The van der Waals surface area contributed by atoms with Gasteiger partial charge in [0.15, 0.2) is 0 Å². The van der Waals surface area contributed by atoms with E-state index < -0.39 is 66.3 Å². The first-order valence-electron chi connectivity index (χ1n) is 39.5. The van der Waals surface area contributed by atoms with Crippen LogP contribution in [0.4, 0.5) is 28.4 Å². The van der Waals surface area contributed by atoms with Crippen LogP contribution in [0, 0.1) is 0 Å². The van der Waals surface area contributed by atoms with Crippen LogP contribution in [0.2, 0.25) is 0 Å². The van der Waals surface area contributed by atoms with Crippen molar-refractivity contribution in [1.29, 1.82) is 0 Å². The quantitative estimate of drug-likeness (QED) is 0.00380. The van der Waals surface area contributed by atoms with Crippen LogP contribution < -0.4 is 69.5 Å². The number of anilines is 5. The maximum atomic E-state index is 12.6. The number of nitrogens with two attached hydrogens (primary N) is 2. The van der Waals surface area contributed by atoms with E-state index in [4.69, 9.17) is 106 Å². The normalized spacial score (nSPS) is 14.0. The number of amides is 5. The van der Waals surface area contributed by atoms with Crippen LogP contribution in [0.25, 0.3) is 0 Å². The van der Waals surface area contributed by atoms with Gasteiger partial charge in [0.1, 0.15) is 60.8 Å². The van der Waals surface area contributed by atoms with Gasteiger partial charge >= 0.3 is 35.8 Å². The lowest BCUT2D eigenvalue weighted by Gasteiger charge is -2.27. The zero-order chi connectivity index (χ0) is 97.5. The van der Waals surface area contributed by atoms with Crippen LogP contribution in [-0.2, 0) is 118 Å². The van der Waals surface area contributed by atoms with Crippen molar-refractivity contribution in [2.45, 2.75) is 203 Å². The molecule has 5 aromatic rings. The van der Waals surface area contributed by atoms with Crippen LogP contribution in [0.3, 0.4) is 0 Å². The summed E-state index contributed by atoms with van der Waals surface area (Å²) in [5.41, 5.74) is 19.2. The van der Waals surface area contributed by atoms with Crippen LogP contribution in [0.1, 0.15) is 132 Å². The second-order valence-corrected chi connectivity index (χ2v) is 31.3. The number of esters is 5. The summed E-state index contributed by atoms with van der Waals surface area (Å²) in [5, 5.41) is 36.1. The fraction of sp³-hybridized carbons (Fsp3) is 0.437. The van der Waals surface area contributed by atoms with E-state index in [2.05, 4.69) is 69.8 Å². The molecule has 11 unspecified atom stereocenters. The van der Waals surface area contributed by atoms with Gasteiger partial charge < -0.3 is 103 Å². The molecule has 0 aromatic heterocycles. The second-order valence-electron chi connectivity index (χ2n) is 27.7. The van der Waals surface area contributed by atoms with E-state index in [0.717, 1.165) is 34.1 Å². The number of hydrogen-bond donors (Lipinski definition) is 13. The Kier molecular flexibility index (Phi) is 59.7. The van der Waals surface area contributed by atoms with Crippen LogP contribution in [0.5, 0.6) is 0 Å². The molecule has 0 aliphatic carbocycles. The zero-order valence-corrected chi connectivity index (χ0v) is 80.6. The number of rotatable bonds is 31. The molecule has 1 aliphatic rings. The molecule has 1 saturated heterocycles. The van der Waals surface area contributed by atoms with E-state index in [-0.39, 0.29) is 70.9 Å². The number of ether oxygens (including phenoxy) is 5. The maximum Gasteiger partial charge on any atom is 0.328 e. The molecule has 5 aromatic carbocycles. The largest absolute Gasteiger partial charge is 0.480 e. The van der Waals surface area contributed by atoms with Crippen molar-refractivity contribution in [3.8, 4) is 0 Å². The number of likely N-dealkylation sites (N-methyl/N-ethyl adjacent to an activating group) is 2. The van der Waals surface area contributed by atoms with Gasteiger partial charge in [-0.05, 0) is 210 Å². The predicted octanol–water partition coefficient (Wildman–Crippen LogP) is 7.96. The average molecular weight is 1880 g/mol. The Balaban J connectivity index is 0. The molecule has 5 amide bonds. The number of carboxylic acid groups (broad SMARTS) is 1. The van der Waals surface area contributed by atoms with Crippen LogP contribution >= 0.6 is 72.7 Å². The molecule has 6 rings (SSSR count). The van der Waals surface area contributed by atoms with Crippen LogP contribution in [-0.4, -0.2) is 234 Å². The highest BCUT2D eigenvalue weighted by Gasteiger charge is 2.43. The van der Waals surface area contributed by atoms with Gasteiger partial charge in [-0.25, -0.2) is 24.0 Å². The van der Waals surface area contributed by atoms with E-state index in [0.29, 0.717) is 85.5 Å². The van der Waals surface area contributed by atoms with E-state index in [9.17, 15) is 57.5 Å². The van der Waals surface area contributed by atoms with Gasteiger partial charge in [-0.3, -0.25) is 43.5 Å². The van der Waals surface area contributed by atoms with Crippen molar-refractivity contribution in [2.24, 2.45) is 10.7 Å². The smallest absolute Gasteiger partial charge is 0.328 e. The van der Waals surface area contributed by atoms with Crippen molar-refractivity contribution in [3.05, 3.63) is 149 Å². The molecule has 1 fully saturated rings. The summed E-state index contributed by atoms with van der Waals surface area (Å²) in [5.74, 6) is -3.43. The number of aliphatic carboxylic acids is 1. The minimum absolute atomic E-state index is 0.106. The first kappa shape index (κ1) is 118. The number of aliphatic imine (C=N–C) groups is 1. The molecule has 1 aliphatic heterocycles. The number of carboxylic acids is 1. The number of benzene rings is 5. The Bertz CT molecular complexity index is 4440. The minimum atomic E-state index is -0.817. The highest BCUT2D eigenvalue weighted by Crippen LogP contribution is 2.29. The van der Waals surface area contributed by atoms with E-state index in [1.807, 2.05) is 79.7 Å². The Hall–Kier alpha value is -11.3. The van der Waals surface area contributed by atoms with Gasteiger partial charge in [-0.1, -0.05) is 122 Å². The van der Waals surface area contributed by atoms with E-state index in [1.54, 1.807) is 155 Å². The first-order chi connectivity index (χ1) is 59.6. The Labute approximate surface area is 776 Å². The standard InChI is InChI=1S/C19H25N3O4S.C17H23N3O3S.C16H23N3O3S.C15H21N3O3S.C12H16N2O2S.C4H9NO2.C2H3ClO.C2H4O/c1-11-18(24)22(13(3)21(11)14(4)23)16-8-6-15(7-9-16)10-17(19(25)26-5)20-12(2)27;1-5-18-11(2)16(21)20-14-8-6-13(7-9-14)10-15(17(22)23-4)19-12(3)24;1-10(17-3)15(20)19-13-7-5-12(6-8-13)9-14(16(21)22-4)18-11(2)23;1-9(16)14(19)18-12-6-4-11(5-7-12)8-13(15(20)21-3)17-10(2)22;1-8(17)14-11(12(15)16-2)7-9-3-5-10(13)6-4-9;1-3(5-2)4(6)7;1-2(3)4;1-2-3/h6-9,11,13,17H,10H2,1-5H3,(H,20,27);5-9,11,15H,10H2,1-4H3,(H,19,24)(H,20,21);5-8,10,14,17H,9H2,1-4H3,(H,18,23)(H,19,20);4-7,9,13H,8,16H2,1-3H3,(H,17,22)(H,18,19);3-6,11H,7,13H2,1-2H3,(H,14,17);3,5H,1-2H3,(H,6,7);1H3;2H,1H3. The lowest BCUT2D eigenvalue weighted by atomic mass is 10.1. The number of carbonyl (C=O) groups excluding carboxylic acids is 12. The molecule has 0 radical (unpaired) electrons. The third kappa shape index (κ3) is 49.4. The maximum absolute atomic E-state index is 12.6. The highest BCUT2D eigenvalue weighted by atomic mass is 35.5. The molecule has 0 saturated carbocycles. The van der Waals surface area contributed by atoms with Gasteiger partial charge in [-0.2, -0.15) is 0 Å². The van der Waals surface area contributed by atoms with Gasteiger partial charge in [-0.15, -0.1) is 0 Å². The zero-order valence-electron chi connectivity index (χ0n) is 75.8. The fourth-order valence-corrected chi connectivity index (χ4v) is 11.5. The minimum Gasteiger partial charge on any atom is -0.480 e. The summed E-state index contributed by atoms with van der Waals surface area (Å²) < 4.78 is 23.8. The molecule has 698 valence electrons. The van der Waals surface area contributed by atoms with Gasteiger partial charge in [0, 0.05) is 74.4 Å². The van der Waals surface area contributed by atoms with Gasteiger partial charge in [0.25, 0.3) is 5.91 Å². The van der Waals surface area contributed by atoms with Crippen molar-refractivity contribution < 1.29 is 91.1 Å². The molecule has 40 heteroatoms. The molecule has 15 N–H and O–H groups in total. The van der Waals surface area contributed by atoms with Crippen molar-refractivity contribution in [3.63, 3.8) is 0 Å². The van der Waals surface area contributed by atoms with Gasteiger partial charge in [0.05, 0.1) is 72.6 Å². The SMILES string of the molecule is CC(=O)Cl.CC=NC(C)C(=O)Nc1ccc(CC(NC(C)=S)C(=O)OC)cc1.CC=O.CNC(C)C(=O)Nc1ccc(CC(NC(C)=S)C(=O)OC)cc1.CNC(C)C(=O)O.COC(=O)C(Cc1ccc(N)cc1)NC(C)=S.COC(=O)C(Cc1ccc(N2C(=O)C(C)N(C(C)=O)C2C)cc1)NC(C)=S.COC(=O)C(Cc1ccc(NC(=O)C(C)N)cc1)NC(C)=S. The van der Waals surface area contributed by atoms with E-state index in [1.165, 1.54) is 56.3 Å². The monoisotopic (exact) mass is 1880 g/mol. The number of thiocarbonyl (C=S) groups is 5. The van der Waals surface area contributed by atoms with Crippen molar-refractivity contribution >= 4 is 209 Å². The Morgan fingerprint density at radius 1 is 0.465 bits per heavy atom. The number of nitrogens with zero attached hydrogens (tertiary/aromatic N) is 3. The second kappa shape index (κ2) is 64.4. The summed E-state index contributed by atoms with van der Waals surface area (Å²) in [4.78, 5) is 156. The number of methoxy groups -OCH3 is 5. The highest BCUT2D eigenvalue weighted by molar-refractivity contribution is 7.81. The number of aldehydes is 1. The lowest BCUT2D eigenvalue weighted by Crippen LogP contribution is -2.41. The van der Waals surface area contributed by atoms with Crippen molar-refractivity contribution in [2.75, 3.05) is 76.2 Å². The van der Waals surface area contributed by atoms with E-state index >= 15 is 0 Å². The third-order valence-electron chi connectivity index (χ3n) is 17.3. The third-order valence-corrected chi connectivity index (χ3v) is 17.9. The molecule has 11 atom stereocenters. The van der Waals surface area contributed by atoms with Crippen molar-refractivity contribution in [1.82, 2.24) is 42.1 Å². The molecular formula is C87H124ClN15O19S5. The molecule has 0 spiro atoms. The molecule has 127 heavy (non-hydrogen) atoms. The number of halogens is 1. The molecule has 0 bridgehead atoms. The predicted molar refractivity (Wildman–Crippen MR) is 516 cm³/mol. The summed E-state index contributed by atoms with van der Waals surface area (Å²) in [6.07, 6.45) is 4.24. The number of carbonyl (C=O) groups is 13. The fourth-order valence-electron chi connectivity index (χ4n) is 10.8. The summed E-state index contributed by atoms with van der Waals surface area (Å²) in [7, 11) is 10.1. The number of nitrogens with one attached hydrogen (secondary N) is 10. The number of hydrogen-bond acceptors (Lipinski definition) is 28. The Morgan fingerprint density at radius 2 is 0.717 bits per heavy atom. The summed E-state index contributed by atoms with van der Waals surface area (Å²) in [6, 6.07) is 31.6. The number of nitrogen functional groups attached to an aromatic ring is 1. The Morgan fingerprint density at radius 3 is 0.929 bits per heavy atom. The van der Waals surface area contributed by atoms with Crippen LogP contribution in [0.15, 0.2) is 126 Å². The summed E-state index contributed by atoms with van der Waals surface area (Å²) in [6.45, 7) is 24.8.